The maximum Gasteiger partial charge on any atom is 0.341 e. The van der Waals surface area contributed by atoms with Gasteiger partial charge in [0.15, 0.2) is 14.6 Å². The molecule has 11 nitrogen and oxygen atoms in total. The summed E-state index contributed by atoms with van der Waals surface area (Å²) in [7, 11) is -4.24. The number of amides is 2. The van der Waals surface area contributed by atoms with Crippen molar-refractivity contribution in [3.05, 3.63) is 44.0 Å². The number of rotatable bonds is 10. The van der Waals surface area contributed by atoms with E-state index < -0.39 is 45.1 Å². The molecular weight excluding hydrogens is 626 g/mol. The van der Waals surface area contributed by atoms with E-state index in [1.165, 1.54) is 15.9 Å². The fourth-order valence-electron chi connectivity index (χ4n) is 4.62. The second-order valence-electron chi connectivity index (χ2n) is 9.75. The summed E-state index contributed by atoms with van der Waals surface area (Å²) in [5, 5.41) is 3.24. The van der Waals surface area contributed by atoms with Crippen LogP contribution in [0.15, 0.2) is 23.2 Å². The van der Waals surface area contributed by atoms with Crippen LogP contribution in [-0.2, 0) is 53.1 Å². The van der Waals surface area contributed by atoms with E-state index in [9.17, 15) is 27.6 Å². The van der Waals surface area contributed by atoms with Gasteiger partial charge in [-0.15, -0.1) is 11.3 Å². The molecule has 0 saturated heterocycles. The van der Waals surface area contributed by atoms with Gasteiger partial charge in [-0.25, -0.2) is 13.2 Å². The van der Waals surface area contributed by atoms with Crippen LogP contribution in [0.4, 0.5) is 5.00 Å². The zero-order chi connectivity index (χ0) is 30.6. The number of hydrogen-bond donors (Lipinski definition) is 1. The highest BCUT2D eigenvalue weighted by molar-refractivity contribution is 7.92. The summed E-state index contributed by atoms with van der Waals surface area (Å²) < 4.78 is 37.9. The summed E-state index contributed by atoms with van der Waals surface area (Å²) in [6.07, 6.45) is 2.29. The Kier molecular flexibility index (Phi) is 10.2. The molecule has 0 bridgehead atoms. The maximum absolute atomic E-state index is 12.8. The van der Waals surface area contributed by atoms with E-state index in [0.29, 0.717) is 27.6 Å². The van der Waals surface area contributed by atoms with Crippen LogP contribution < -0.4 is 10.1 Å². The Labute approximate surface area is 255 Å². The van der Waals surface area contributed by atoms with Gasteiger partial charge in [0, 0.05) is 9.90 Å². The fourth-order valence-corrected chi connectivity index (χ4v) is 8.37. The average Bonchev–Trinajstić information content (AvgIpc) is 3.39. The summed E-state index contributed by atoms with van der Waals surface area (Å²) in [4.78, 5) is 55.5. The van der Waals surface area contributed by atoms with Crippen molar-refractivity contribution in [3.63, 3.8) is 0 Å². The van der Waals surface area contributed by atoms with Crippen LogP contribution in [0.5, 0.6) is 0 Å². The number of hydrogen-bond acceptors (Lipinski definition) is 10. The first kappa shape index (κ1) is 31.9. The van der Waals surface area contributed by atoms with Crippen molar-refractivity contribution in [2.75, 3.05) is 30.0 Å². The molecule has 1 N–H and O–H groups in total. The fraction of sp³-hybridized carbons (Fsp3) is 0.444. The van der Waals surface area contributed by atoms with Gasteiger partial charge in [0.05, 0.1) is 29.0 Å². The Morgan fingerprint density at radius 3 is 2.57 bits per heavy atom. The minimum Gasteiger partial charge on any atom is -0.465 e. The predicted octanol–water partition coefficient (Wildman–Crippen LogP) is 3.76. The van der Waals surface area contributed by atoms with Crippen molar-refractivity contribution < 1.29 is 37.1 Å². The number of halogens is 1. The number of esters is 2. The number of aromatic nitrogens is 1. The second-order valence-corrected chi connectivity index (χ2v) is 14.4. The number of fused-ring (bicyclic) bond motifs is 2. The molecule has 0 spiro atoms. The molecule has 42 heavy (non-hydrogen) atoms. The van der Waals surface area contributed by atoms with Crippen LogP contribution in [0.3, 0.4) is 0 Å². The molecule has 2 aromatic heterocycles. The van der Waals surface area contributed by atoms with Gasteiger partial charge >= 0.3 is 11.9 Å². The van der Waals surface area contributed by atoms with Gasteiger partial charge in [0.1, 0.15) is 23.1 Å². The molecule has 1 aliphatic carbocycles. The van der Waals surface area contributed by atoms with Crippen molar-refractivity contribution in [1.82, 2.24) is 4.57 Å². The lowest BCUT2D eigenvalue weighted by molar-refractivity contribution is -0.143. The van der Waals surface area contributed by atoms with Crippen LogP contribution in [0.25, 0.3) is 10.2 Å². The summed E-state index contributed by atoms with van der Waals surface area (Å²) in [5.74, 6) is -4.62. The number of carbonyl (C=O) groups excluding carboxylic acids is 4. The Balaban J connectivity index is 1.53. The van der Waals surface area contributed by atoms with E-state index in [0.717, 1.165) is 34.6 Å². The summed E-state index contributed by atoms with van der Waals surface area (Å²) in [6.45, 7) is 5.51. The van der Waals surface area contributed by atoms with Crippen LogP contribution in [0.2, 0.25) is 5.02 Å². The molecule has 0 fully saturated rings. The van der Waals surface area contributed by atoms with Crippen molar-refractivity contribution >= 4 is 83.1 Å². The SMILES string of the molecule is CCOC(=O)Cn1c(=NC(=O)CS(=O)(=O)CC(=O)Nc2sc3c(c2C(=O)OCC)CCC(C)C3)sc2cc(Cl)ccc21. The van der Waals surface area contributed by atoms with Gasteiger partial charge < -0.3 is 19.4 Å². The average molecular weight is 656 g/mol. The first-order valence-corrected chi connectivity index (χ1v) is 17.1. The molecule has 0 aliphatic heterocycles. The van der Waals surface area contributed by atoms with E-state index >= 15 is 0 Å². The maximum atomic E-state index is 12.8. The molecule has 1 aromatic carbocycles. The zero-order valence-corrected chi connectivity index (χ0v) is 26.4. The third-order valence-corrected chi connectivity index (χ3v) is 10.2. The monoisotopic (exact) mass is 655 g/mol. The Bertz CT molecular complexity index is 1720. The lowest BCUT2D eigenvalue weighted by Gasteiger charge is -2.18. The number of ether oxygens (including phenoxy) is 2. The Hall–Kier alpha value is -3.07. The summed E-state index contributed by atoms with van der Waals surface area (Å²) in [6, 6.07) is 4.91. The van der Waals surface area contributed by atoms with Crippen molar-refractivity contribution in [2.24, 2.45) is 10.9 Å². The number of carbonyl (C=O) groups is 4. The van der Waals surface area contributed by atoms with E-state index in [4.69, 9.17) is 21.1 Å². The molecule has 226 valence electrons. The molecule has 2 amide bonds. The quantitative estimate of drug-likeness (QED) is 0.325. The number of thiophene rings is 1. The minimum absolute atomic E-state index is 0.0856. The number of benzene rings is 1. The highest BCUT2D eigenvalue weighted by Gasteiger charge is 2.30. The lowest BCUT2D eigenvalue weighted by Crippen LogP contribution is -2.29. The smallest absolute Gasteiger partial charge is 0.341 e. The highest BCUT2D eigenvalue weighted by Crippen LogP contribution is 2.40. The number of nitrogens with zero attached hydrogens (tertiary/aromatic N) is 2. The van der Waals surface area contributed by atoms with Gasteiger partial charge in [0.25, 0.3) is 5.91 Å². The van der Waals surface area contributed by atoms with Gasteiger partial charge in [-0.3, -0.25) is 14.4 Å². The highest BCUT2D eigenvalue weighted by atomic mass is 35.5. The van der Waals surface area contributed by atoms with Crippen molar-refractivity contribution in [2.45, 2.75) is 46.6 Å². The van der Waals surface area contributed by atoms with Gasteiger partial charge in [0.2, 0.25) is 5.91 Å². The summed E-state index contributed by atoms with van der Waals surface area (Å²) in [5.41, 5.74) is 1.65. The standard InChI is InChI=1S/C27H30ClN3O8S3/c1-4-38-23(34)12-31-18-9-7-16(28)11-20(18)41-27(31)30-22(33)14-42(36,37)13-21(32)29-25-24(26(35)39-5-2)17-8-6-15(3)10-19(17)40-25/h7,9,11,15H,4-6,8,10,12-14H2,1-3H3,(H,29,32). The van der Waals surface area contributed by atoms with Gasteiger partial charge in [-0.1, -0.05) is 29.9 Å². The number of nitrogens with one attached hydrogen (secondary N) is 1. The molecule has 0 saturated carbocycles. The summed E-state index contributed by atoms with van der Waals surface area (Å²) >= 11 is 8.38. The molecule has 1 unspecified atom stereocenters. The Morgan fingerprint density at radius 1 is 1.12 bits per heavy atom. The minimum atomic E-state index is -4.24. The van der Waals surface area contributed by atoms with E-state index in [1.54, 1.807) is 32.0 Å². The third kappa shape index (κ3) is 7.65. The third-order valence-electron chi connectivity index (χ3n) is 6.40. The predicted molar refractivity (Wildman–Crippen MR) is 161 cm³/mol. The molecule has 1 aliphatic rings. The number of thiazole rings is 1. The van der Waals surface area contributed by atoms with Gasteiger partial charge in [-0.05, 0) is 62.8 Å². The molecule has 3 aromatic rings. The van der Waals surface area contributed by atoms with Crippen LogP contribution in [0, 0.1) is 5.92 Å². The normalized spacial score (nSPS) is 15.3. The number of anilines is 1. The van der Waals surface area contributed by atoms with Gasteiger partial charge in [-0.2, -0.15) is 4.99 Å². The largest absolute Gasteiger partial charge is 0.465 e. The van der Waals surface area contributed by atoms with E-state index in [2.05, 4.69) is 17.2 Å². The second kappa shape index (κ2) is 13.5. The first-order valence-electron chi connectivity index (χ1n) is 13.2. The molecule has 15 heteroatoms. The lowest BCUT2D eigenvalue weighted by atomic mass is 9.88. The van der Waals surface area contributed by atoms with Crippen LogP contribution in [-0.4, -0.2) is 61.5 Å². The molecule has 0 radical (unpaired) electrons. The zero-order valence-electron chi connectivity index (χ0n) is 23.2. The van der Waals surface area contributed by atoms with Crippen LogP contribution >= 0.6 is 34.3 Å². The number of sulfone groups is 1. The molecular formula is C27H30ClN3O8S3. The first-order chi connectivity index (χ1) is 19.9. The van der Waals surface area contributed by atoms with Crippen LogP contribution in [0.1, 0.15) is 48.0 Å². The molecule has 1 atom stereocenters. The Morgan fingerprint density at radius 2 is 1.86 bits per heavy atom. The van der Waals surface area contributed by atoms with E-state index in [-0.39, 0.29) is 35.1 Å². The van der Waals surface area contributed by atoms with Crippen molar-refractivity contribution in [1.29, 1.82) is 0 Å². The van der Waals surface area contributed by atoms with Crippen molar-refractivity contribution in [3.8, 4) is 0 Å². The topological polar surface area (TPSA) is 150 Å². The molecule has 4 rings (SSSR count). The van der Waals surface area contributed by atoms with E-state index in [1.807, 2.05) is 0 Å². The molecule has 2 heterocycles.